The van der Waals surface area contributed by atoms with Crippen LogP contribution in [0.25, 0.3) is 0 Å². The quantitative estimate of drug-likeness (QED) is 0.911. The number of aliphatic carboxylic acids is 1. The second kappa shape index (κ2) is 5.04. The molecule has 0 spiro atoms. The molecule has 1 aromatic rings. The first kappa shape index (κ1) is 14.2. The lowest BCUT2D eigenvalue weighted by molar-refractivity contribution is -0.189. The molecule has 0 bridgehead atoms. The van der Waals surface area contributed by atoms with Crippen LogP contribution in [0.15, 0.2) is 17.5 Å². The molecular weight excluding hydrogens is 303 g/mol. The van der Waals surface area contributed by atoms with Crippen LogP contribution in [0.3, 0.4) is 0 Å². The van der Waals surface area contributed by atoms with Crippen LogP contribution in [0.1, 0.15) is 10.3 Å². The van der Waals surface area contributed by atoms with Gasteiger partial charge in [-0.1, -0.05) is 6.07 Å². The van der Waals surface area contributed by atoms with Gasteiger partial charge in [-0.3, -0.25) is 4.79 Å². The largest absolute Gasteiger partial charge is 0.480 e. The summed E-state index contributed by atoms with van der Waals surface area (Å²) in [4.78, 5) is 23.4. The van der Waals surface area contributed by atoms with E-state index in [-0.39, 0.29) is 5.75 Å². The van der Waals surface area contributed by atoms with E-state index in [0.717, 1.165) is 11.8 Å². The number of carboxylic acid groups (broad SMARTS) is 1. The van der Waals surface area contributed by atoms with Gasteiger partial charge >= 0.3 is 18.1 Å². The van der Waals surface area contributed by atoms with Gasteiger partial charge in [0.2, 0.25) is 0 Å². The molecule has 1 N–H and O–H groups in total. The van der Waals surface area contributed by atoms with Crippen molar-refractivity contribution >= 4 is 35.0 Å². The molecule has 19 heavy (non-hydrogen) atoms. The Bertz CT molecular complexity index is 489. The maximum absolute atomic E-state index is 12.6. The fourth-order valence-corrected chi connectivity index (χ4v) is 4.13. The minimum Gasteiger partial charge on any atom is -0.480 e. The number of carbonyl (C=O) groups is 2. The molecule has 0 aliphatic carbocycles. The maximum Gasteiger partial charge on any atom is 0.471 e. The zero-order valence-corrected chi connectivity index (χ0v) is 10.9. The minimum atomic E-state index is -5.08. The molecule has 2 rings (SSSR count). The Morgan fingerprint density at radius 3 is 2.58 bits per heavy atom. The van der Waals surface area contributed by atoms with Crippen LogP contribution in [-0.4, -0.2) is 39.9 Å². The zero-order valence-electron chi connectivity index (χ0n) is 9.26. The number of amides is 1. The Morgan fingerprint density at radius 1 is 1.42 bits per heavy atom. The van der Waals surface area contributed by atoms with E-state index in [1.165, 1.54) is 11.3 Å². The van der Waals surface area contributed by atoms with Gasteiger partial charge in [-0.15, -0.1) is 23.1 Å². The second-order valence-electron chi connectivity index (χ2n) is 3.77. The number of carbonyl (C=O) groups excluding carboxylic acids is 1. The third-order valence-electron chi connectivity index (χ3n) is 2.55. The summed E-state index contributed by atoms with van der Waals surface area (Å²) < 4.78 is 37.7. The number of rotatable bonds is 2. The lowest BCUT2D eigenvalue weighted by Gasteiger charge is -2.27. The van der Waals surface area contributed by atoms with Crippen molar-refractivity contribution in [2.75, 3.05) is 5.75 Å². The molecule has 4 nitrogen and oxygen atoms in total. The van der Waals surface area contributed by atoms with Crippen LogP contribution in [0.5, 0.6) is 0 Å². The lowest BCUT2D eigenvalue weighted by Crippen LogP contribution is -2.48. The average Bonchev–Trinajstić information content (AvgIpc) is 2.94. The van der Waals surface area contributed by atoms with Crippen LogP contribution in [0, 0.1) is 0 Å². The molecule has 1 aromatic heterocycles. The summed E-state index contributed by atoms with van der Waals surface area (Å²) in [5, 5.41) is 9.72. The molecule has 1 saturated heterocycles. The predicted molar refractivity (Wildman–Crippen MR) is 63.8 cm³/mol. The smallest absolute Gasteiger partial charge is 0.471 e. The normalized spacial score (nSPS) is 23.6. The van der Waals surface area contributed by atoms with Gasteiger partial charge in [0.15, 0.2) is 0 Å². The highest BCUT2D eigenvalue weighted by Crippen LogP contribution is 2.44. The first-order chi connectivity index (χ1) is 8.82. The molecule has 104 valence electrons. The Labute approximate surface area is 114 Å². The molecule has 2 unspecified atom stereocenters. The fourth-order valence-electron chi connectivity index (χ4n) is 1.74. The molecule has 2 heterocycles. The van der Waals surface area contributed by atoms with Crippen molar-refractivity contribution in [3.63, 3.8) is 0 Å². The van der Waals surface area contributed by atoms with Crippen molar-refractivity contribution in [3.8, 4) is 0 Å². The number of thioether (sulfide) groups is 1. The highest BCUT2D eigenvalue weighted by molar-refractivity contribution is 7.99. The second-order valence-corrected chi connectivity index (χ2v) is 5.86. The van der Waals surface area contributed by atoms with Gasteiger partial charge in [-0.2, -0.15) is 13.2 Å². The van der Waals surface area contributed by atoms with Gasteiger partial charge < -0.3 is 10.0 Å². The van der Waals surface area contributed by atoms with E-state index in [1.807, 2.05) is 0 Å². The molecule has 1 amide bonds. The molecule has 1 aliphatic rings. The van der Waals surface area contributed by atoms with E-state index in [9.17, 15) is 22.8 Å². The molecule has 0 saturated carbocycles. The van der Waals surface area contributed by atoms with Gasteiger partial charge in [0.25, 0.3) is 0 Å². The van der Waals surface area contributed by atoms with E-state index in [4.69, 9.17) is 5.11 Å². The summed E-state index contributed by atoms with van der Waals surface area (Å²) in [6, 6.07) is 1.78. The van der Waals surface area contributed by atoms with E-state index in [0.29, 0.717) is 9.78 Å². The summed E-state index contributed by atoms with van der Waals surface area (Å²) in [6.45, 7) is 0. The number of halogens is 3. The fraction of sp³-hybridized carbons (Fsp3) is 0.400. The van der Waals surface area contributed by atoms with Gasteiger partial charge in [-0.05, 0) is 11.4 Å². The number of hydrogen-bond acceptors (Lipinski definition) is 4. The first-order valence-electron chi connectivity index (χ1n) is 5.09. The average molecular weight is 311 g/mol. The van der Waals surface area contributed by atoms with Gasteiger partial charge in [0.1, 0.15) is 11.4 Å². The topological polar surface area (TPSA) is 57.6 Å². The monoisotopic (exact) mass is 311 g/mol. The maximum atomic E-state index is 12.6. The van der Waals surface area contributed by atoms with Crippen LogP contribution in [0.4, 0.5) is 13.2 Å². The van der Waals surface area contributed by atoms with E-state index in [2.05, 4.69) is 0 Å². The summed E-state index contributed by atoms with van der Waals surface area (Å²) in [5.41, 5.74) is 0. The van der Waals surface area contributed by atoms with Gasteiger partial charge in [-0.25, -0.2) is 4.79 Å². The molecule has 9 heteroatoms. The SMILES string of the molecule is O=C(O)C1CSC(c2cccs2)N1C(=O)C(F)(F)F. The Hall–Kier alpha value is -1.22. The van der Waals surface area contributed by atoms with Crippen LogP contribution in [-0.2, 0) is 9.59 Å². The summed E-state index contributed by atoms with van der Waals surface area (Å²) in [7, 11) is 0. The van der Waals surface area contributed by atoms with Crippen molar-refractivity contribution in [2.45, 2.75) is 17.6 Å². The zero-order chi connectivity index (χ0) is 14.2. The molecular formula is C10H8F3NO3S2. The number of hydrogen-bond donors (Lipinski definition) is 1. The predicted octanol–water partition coefficient (Wildman–Crippen LogP) is 2.34. The first-order valence-corrected chi connectivity index (χ1v) is 7.02. The molecule has 0 radical (unpaired) electrons. The van der Waals surface area contributed by atoms with Crippen molar-refractivity contribution in [1.82, 2.24) is 4.90 Å². The lowest BCUT2D eigenvalue weighted by atomic mass is 10.2. The number of nitrogens with zero attached hydrogens (tertiary/aromatic N) is 1. The standard InChI is InChI=1S/C10H8F3NO3S2/c11-10(12,13)9(17)14-5(8(15)16)4-19-7(14)6-2-1-3-18-6/h1-3,5,7H,4H2,(H,15,16). The molecule has 1 fully saturated rings. The van der Waals surface area contributed by atoms with Crippen molar-refractivity contribution in [2.24, 2.45) is 0 Å². The molecule has 0 aromatic carbocycles. The number of alkyl halides is 3. The number of thiophene rings is 1. The van der Waals surface area contributed by atoms with E-state index < -0.39 is 29.5 Å². The van der Waals surface area contributed by atoms with E-state index in [1.54, 1.807) is 17.5 Å². The van der Waals surface area contributed by atoms with Crippen molar-refractivity contribution in [3.05, 3.63) is 22.4 Å². The third-order valence-corrected chi connectivity index (χ3v) is 4.93. The number of carboxylic acids is 1. The molecule has 2 atom stereocenters. The van der Waals surface area contributed by atoms with Crippen molar-refractivity contribution < 1.29 is 27.9 Å². The minimum absolute atomic E-state index is 0.0558. The van der Waals surface area contributed by atoms with Crippen LogP contribution >= 0.6 is 23.1 Å². The van der Waals surface area contributed by atoms with E-state index >= 15 is 0 Å². The Kier molecular flexibility index (Phi) is 3.77. The Balaban J connectivity index is 2.35. The highest BCUT2D eigenvalue weighted by atomic mass is 32.2. The summed E-state index contributed by atoms with van der Waals surface area (Å²) in [5.74, 6) is -3.59. The highest BCUT2D eigenvalue weighted by Gasteiger charge is 2.52. The van der Waals surface area contributed by atoms with Gasteiger partial charge in [0, 0.05) is 10.6 Å². The Morgan fingerprint density at radius 2 is 2.11 bits per heavy atom. The van der Waals surface area contributed by atoms with Gasteiger partial charge in [0.05, 0.1) is 0 Å². The van der Waals surface area contributed by atoms with Crippen LogP contribution < -0.4 is 0 Å². The summed E-state index contributed by atoms with van der Waals surface area (Å²) in [6.07, 6.45) is -5.08. The summed E-state index contributed by atoms with van der Waals surface area (Å²) >= 11 is 2.21. The third kappa shape index (κ3) is 2.71. The van der Waals surface area contributed by atoms with Crippen LogP contribution in [0.2, 0.25) is 0 Å². The van der Waals surface area contributed by atoms with Crippen molar-refractivity contribution in [1.29, 1.82) is 0 Å². The molecule has 1 aliphatic heterocycles.